The highest BCUT2D eigenvalue weighted by atomic mass is 19.4. The van der Waals surface area contributed by atoms with Crippen LogP contribution in [-0.2, 0) is 16.0 Å². The Morgan fingerprint density at radius 2 is 1.84 bits per heavy atom. The average molecular weight is 370 g/mol. The molecule has 25 heavy (non-hydrogen) atoms. The summed E-state index contributed by atoms with van der Waals surface area (Å²) < 4.78 is 89.7. The molecule has 138 valence electrons. The van der Waals surface area contributed by atoms with E-state index in [1.54, 1.807) is 0 Å². The molecule has 0 aliphatic carbocycles. The molecule has 2 rings (SSSR count). The lowest BCUT2D eigenvalue weighted by Gasteiger charge is -2.29. The highest BCUT2D eigenvalue weighted by Crippen LogP contribution is 2.42. The number of esters is 1. The quantitative estimate of drug-likeness (QED) is 0.595. The smallest absolute Gasteiger partial charge is 0.475 e. The number of benzene rings is 1. The fraction of sp³-hybridized carbons (Fsp3) is 0.400. The number of methoxy groups -OCH3 is 1. The van der Waals surface area contributed by atoms with Crippen LogP contribution in [0.1, 0.15) is 18.1 Å². The number of rotatable bonds is 3. The second-order valence-corrected chi connectivity index (χ2v) is 5.03. The molecule has 1 unspecified atom stereocenters. The zero-order chi connectivity index (χ0) is 19.0. The van der Waals surface area contributed by atoms with Gasteiger partial charge in [-0.05, 0) is 30.2 Å². The largest absolute Gasteiger partial charge is 0.573 e. The molecule has 1 aromatic carbocycles. The molecule has 0 N–H and O–H groups in total. The summed E-state index contributed by atoms with van der Waals surface area (Å²) in [6.07, 6.45) is -11.6. The van der Waals surface area contributed by atoms with Gasteiger partial charge in [-0.1, -0.05) is 6.92 Å². The zero-order valence-corrected chi connectivity index (χ0v) is 12.9. The second kappa shape index (κ2) is 6.49. The lowest BCUT2D eigenvalue weighted by molar-refractivity contribution is -0.274. The Balaban J connectivity index is 2.59. The van der Waals surface area contributed by atoms with E-state index in [2.05, 4.69) is 9.47 Å². The Labute approximate surface area is 138 Å². The third kappa shape index (κ3) is 4.18. The van der Waals surface area contributed by atoms with Gasteiger partial charge in [-0.15, -0.1) is 13.2 Å². The first kappa shape index (κ1) is 18.9. The van der Waals surface area contributed by atoms with E-state index < -0.39 is 35.9 Å². The molecule has 0 radical (unpaired) electrons. The van der Waals surface area contributed by atoms with Gasteiger partial charge >= 0.3 is 18.5 Å². The van der Waals surface area contributed by atoms with Gasteiger partial charge in [-0.3, -0.25) is 0 Å². The van der Waals surface area contributed by atoms with Gasteiger partial charge in [-0.2, -0.15) is 13.2 Å². The molecule has 0 fully saturated rings. The van der Waals surface area contributed by atoms with Crippen LogP contribution in [0.25, 0.3) is 6.08 Å². The van der Waals surface area contributed by atoms with Gasteiger partial charge in [-0.25, -0.2) is 4.79 Å². The molecule has 1 aliphatic heterocycles. The molecule has 1 atom stereocenters. The normalized spacial score (nSPS) is 17.3. The van der Waals surface area contributed by atoms with E-state index in [4.69, 9.17) is 4.74 Å². The van der Waals surface area contributed by atoms with Crippen molar-refractivity contribution in [1.82, 2.24) is 0 Å². The van der Waals surface area contributed by atoms with Crippen molar-refractivity contribution >= 4 is 12.0 Å². The predicted octanol–water partition coefficient (Wildman–Crippen LogP) is 4.03. The molecule has 1 aliphatic rings. The first-order chi connectivity index (χ1) is 11.5. The monoisotopic (exact) mass is 370 g/mol. The summed E-state index contributed by atoms with van der Waals surface area (Å²) in [6, 6.07) is 1.79. The lowest BCUT2D eigenvalue weighted by Crippen LogP contribution is -2.40. The summed E-state index contributed by atoms with van der Waals surface area (Å²) >= 11 is 0. The molecule has 0 amide bonds. The van der Waals surface area contributed by atoms with Crippen molar-refractivity contribution in [2.45, 2.75) is 32.0 Å². The number of hydrogen-bond acceptors (Lipinski definition) is 4. The third-order valence-corrected chi connectivity index (χ3v) is 3.33. The standard InChI is InChI=1S/C15H12F6O4/c1-3-7-4-9(25-15(19,20)21)5-8-6-10(13(22)23-2)12(14(16,17)18)24-11(7)8/h4-6,12H,3H2,1-2H3. The fourth-order valence-electron chi connectivity index (χ4n) is 2.34. The highest BCUT2D eigenvalue weighted by Gasteiger charge is 2.49. The van der Waals surface area contributed by atoms with Crippen molar-refractivity contribution in [3.05, 3.63) is 28.8 Å². The maximum Gasteiger partial charge on any atom is 0.573 e. The molecular formula is C15H12F6O4. The SMILES string of the molecule is CCc1cc(OC(F)(F)F)cc2c1OC(C(F)(F)F)C(C(=O)OC)=C2. The number of fused-ring (bicyclic) bond motifs is 1. The number of halogens is 6. The van der Waals surface area contributed by atoms with E-state index in [0.29, 0.717) is 0 Å². The number of carbonyl (C=O) groups excluding carboxylic acids is 1. The molecule has 0 saturated heterocycles. The Hall–Kier alpha value is -2.39. The van der Waals surface area contributed by atoms with Crippen molar-refractivity contribution < 1.29 is 45.3 Å². The minimum absolute atomic E-state index is 0.0752. The first-order valence-corrected chi connectivity index (χ1v) is 6.92. The van der Waals surface area contributed by atoms with E-state index in [1.807, 2.05) is 0 Å². The van der Waals surface area contributed by atoms with E-state index >= 15 is 0 Å². The zero-order valence-electron chi connectivity index (χ0n) is 12.9. The summed E-state index contributed by atoms with van der Waals surface area (Å²) in [5.74, 6) is -2.18. The van der Waals surface area contributed by atoms with E-state index in [-0.39, 0.29) is 23.3 Å². The Kier molecular flexibility index (Phi) is 4.92. The van der Waals surface area contributed by atoms with Crippen LogP contribution < -0.4 is 9.47 Å². The summed E-state index contributed by atoms with van der Waals surface area (Å²) in [7, 11) is 0.882. The molecule has 0 spiro atoms. The predicted molar refractivity (Wildman–Crippen MR) is 73.0 cm³/mol. The lowest BCUT2D eigenvalue weighted by atomic mass is 9.97. The van der Waals surface area contributed by atoms with Crippen LogP contribution in [0.3, 0.4) is 0 Å². The van der Waals surface area contributed by atoms with Crippen molar-refractivity contribution in [3.8, 4) is 11.5 Å². The third-order valence-electron chi connectivity index (χ3n) is 3.33. The molecule has 10 heteroatoms. The summed E-state index contributed by atoms with van der Waals surface area (Å²) in [6.45, 7) is 1.53. The second-order valence-electron chi connectivity index (χ2n) is 5.03. The minimum Gasteiger partial charge on any atom is -0.475 e. The average Bonchev–Trinajstić information content (AvgIpc) is 2.49. The van der Waals surface area contributed by atoms with Crippen molar-refractivity contribution in [2.24, 2.45) is 0 Å². The van der Waals surface area contributed by atoms with Gasteiger partial charge in [0.1, 0.15) is 11.5 Å². The van der Waals surface area contributed by atoms with Gasteiger partial charge in [0.05, 0.1) is 12.7 Å². The van der Waals surface area contributed by atoms with E-state index in [0.717, 1.165) is 25.3 Å². The summed E-state index contributed by atoms with van der Waals surface area (Å²) in [5, 5.41) is 0. The molecule has 1 heterocycles. The number of alkyl halides is 6. The van der Waals surface area contributed by atoms with Crippen molar-refractivity contribution in [3.63, 3.8) is 0 Å². The maximum atomic E-state index is 13.2. The number of ether oxygens (including phenoxy) is 3. The van der Waals surface area contributed by atoms with Crippen LogP contribution in [0.2, 0.25) is 0 Å². The summed E-state index contributed by atoms with van der Waals surface area (Å²) in [4.78, 5) is 11.6. The van der Waals surface area contributed by atoms with Gasteiger partial charge in [0.2, 0.25) is 6.10 Å². The van der Waals surface area contributed by atoms with Gasteiger partial charge < -0.3 is 14.2 Å². The fourth-order valence-corrected chi connectivity index (χ4v) is 2.34. The number of aryl methyl sites for hydroxylation is 1. The number of carbonyl (C=O) groups is 1. The van der Waals surface area contributed by atoms with Crippen LogP contribution in [0.4, 0.5) is 26.3 Å². The van der Waals surface area contributed by atoms with E-state index in [9.17, 15) is 31.1 Å². The van der Waals surface area contributed by atoms with Crippen LogP contribution in [0.5, 0.6) is 11.5 Å². The Morgan fingerprint density at radius 3 is 2.32 bits per heavy atom. The maximum absolute atomic E-state index is 13.2. The Morgan fingerprint density at radius 1 is 1.20 bits per heavy atom. The van der Waals surface area contributed by atoms with Gasteiger partial charge in [0.15, 0.2) is 0 Å². The first-order valence-electron chi connectivity index (χ1n) is 6.92. The molecule has 1 aromatic rings. The molecular weight excluding hydrogens is 358 g/mol. The molecule has 4 nitrogen and oxygen atoms in total. The van der Waals surface area contributed by atoms with Crippen LogP contribution in [-0.4, -0.2) is 31.7 Å². The van der Waals surface area contributed by atoms with Crippen LogP contribution in [0.15, 0.2) is 17.7 Å². The molecule has 0 aromatic heterocycles. The topological polar surface area (TPSA) is 44.8 Å². The van der Waals surface area contributed by atoms with Gasteiger partial charge in [0.25, 0.3) is 0 Å². The molecule has 0 bridgehead atoms. The minimum atomic E-state index is -4.97. The van der Waals surface area contributed by atoms with Gasteiger partial charge in [0, 0.05) is 5.56 Å². The van der Waals surface area contributed by atoms with Crippen LogP contribution in [0, 0.1) is 0 Å². The summed E-state index contributed by atoms with van der Waals surface area (Å²) in [5.41, 5.74) is -0.931. The number of hydrogen-bond donors (Lipinski definition) is 0. The van der Waals surface area contributed by atoms with Crippen LogP contribution >= 0.6 is 0 Å². The highest BCUT2D eigenvalue weighted by molar-refractivity contribution is 5.96. The van der Waals surface area contributed by atoms with E-state index in [1.165, 1.54) is 6.92 Å². The van der Waals surface area contributed by atoms with Crippen molar-refractivity contribution in [1.29, 1.82) is 0 Å². The Bertz CT molecular complexity index is 705. The molecule has 0 saturated carbocycles. The van der Waals surface area contributed by atoms with Crippen molar-refractivity contribution in [2.75, 3.05) is 7.11 Å².